The molecule has 154 valence electrons. The fraction of sp³-hybridized carbons (Fsp3) is 0.381. The maximum absolute atomic E-state index is 12.7. The zero-order valence-electron chi connectivity index (χ0n) is 17.0. The number of aromatic nitrogens is 1. The fourth-order valence-corrected chi connectivity index (χ4v) is 4.67. The highest BCUT2D eigenvalue weighted by molar-refractivity contribution is 7.89. The van der Waals surface area contributed by atoms with Gasteiger partial charge in [-0.25, -0.2) is 12.7 Å². The summed E-state index contributed by atoms with van der Waals surface area (Å²) in [7, 11) is 1.18. The summed E-state index contributed by atoms with van der Waals surface area (Å²) in [6, 6.07) is 7.40. The summed E-state index contributed by atoms with van der Waals surface area (Å²) in [6.07, 6.45) is 6.95. The third-order valence-corrected chi connectivity index (χ3v) is 7.18. The van der Waals surface area contributed by atoms with Gasteiger partial charge in [0.1, 0.15) is 5.82 Å². The van der Waals surface area contributed by atoms with Crippen LogP contribution in [0.1, 0.15) is 24.8 Å². The third kappa shape index (κ3) is 3.70. The van der Waals surface area contributed by atoms with Gasteiger partial charge in [0, 0.05) is 56.1 Å². The summed E-state index contributed by atoms with van der Waals surface area (Å²) in [5.41, 5.74) is 3.71. The van der Waals surface area contributed by atoms with Crippen LogP contribution in [0.25, 0.3) is 17.3 Å². The van der Waals surface area contributed by atoms with Crippen molar-refractivity contribution in [3.05, 3.63) is 35.9 Å². The van der Waals surface area contributed by atoms with Crippen LogP contribution in [0.5, 0.6) is 0 Å². The summed E-state index contributed by atoms with van der Waals surface area (Å²) in [5.74, 6) is 1.36. The van der Waals surface area contributed by atoms with Crippen molar-refractivity contribution in [3.8, 4) is 11.3 Å². The number of aromatic amines is 1. The quantitative estimate of drug-likeness (QED) is 0.829. The second-order valence-corrected chi connectivity index (χ2v) is 9.62. The van der Waals surface area contributed by atoms with Crippen molar-refractivity contribution in [2.75, 3.05) is 39.2 Å². The standard InChI is InChI=1S/C21H26N4O3S/c1-24(2)29(26,27)16-9-10-19(25-11-4-5-12-25)17(14-16)18-13-15-7-6-8-20(28-3)23-21(15)22-18/h6-7,9-10,13-14,22H,4-5,8,11-12H2,1-3H3. The molecule has 2 aliphatic rings. The number of ether oxygens (including phenoxy) is 1. The molecular formula is C21H26N4O3S. The Morgan fingerprint density at radius 1 is 1.17 bits per heavy atom. The van der Waals surface area contributed by atoms with Gasteiger partial charge in [-0.05, 0) is 37.1 Å². The zero-order chi connectivity index (χ0) is 20.6. The molecule has 2 aromatic rings. The normalized spacial score (nSPS) is 16.7. The van der Waals surface area contributed by atoms with Gasteiger partial charge in [0.2, 0.25) is 10.0 Å². The van der Waals surface area contributed by atoms with E-state index >= 15 is 0 Å². The maximum Gasteiger partial charge on any atom is 0.242 e. The first kappa shape index (κ1) is 19.7. The molecule has 2 aliphatic heterocycles. The second kappa shape index (κ2) is 7.68. The number of hydrogen-bond acceptors (Lipinski definition) is 5. The molecule has 0 saturated carbocycles. The smallest absolute Gasteiger partial charge is 0.242 e. The minimum atomic E-state index is -3.53. The topological polar surface area (TPSA) is 78.0 Å². The predicted molar refractivity (Wildman–Crippen MR) is 116 cm³/mol. The van der Waals surface area contributed by atoms with E-state index in [2.05, 4.69) is 14.9 Å². The molecule has 7 nitrogen and oxygen atoms in total. The molecule has 0 aliphatic carbocycles. The van der Waals surface area contributed by atoms with Crippen molar-refractivity contribution in [3.63, 3.8) is 0 Å². The van der Waals surface area contributed by atoms with Crippen molar-refractivity contribution >= 4 is 33.5 Å². The maximum atomic E-state index is 12.7. The Bertz CT molecular complexity index is 1080. The number of rotatable bonds is 4. The first-order chi connectivity index (χ1) is 13.9. The van der Waals surface area contributed by atoms with E-state index < -0.39 is 10.0 Å². The van der Waals surface area contributed by atoms with Crippen LogP contribution in [0.2, 0.25) is 0 Å². The van der Waals surface area contributed by atoms with Crippen molar-refractivity contribution in [2.45, 2.75) is 24.2 Å². The Kier molecular flexibility index (Phi) is 5.23. The van der Waals surface area contributed by atoms with Crippen LogP contribution in [0.4, 0.5) is 11.5 Å². The first-order valence-electron chi connectivity index (χ1n) is 9.73. The molecule has 8 heteroatoms. The molecule has 1 N–H and O–H groups in total. The molecule has 1 aromatic carbocycles. The second-order valence-electron chi connectivity index (χ2n) is 7.46. The molecule has 1 fully saturated rings. The molecule has 0 atom stereocenters. The number of methoxy groups -OCH3 is 1. The number of anilines is 1. The monoisotopic (exact) mass is 414 g/mol. The van der Waals surface area contributed by atoms with E-state index in [1.54, 1.807) is 33.3 Å². The molecule has 0 bridgehead atoms. The summed E-state index contributed by atoms with van der Waals surface area (Å²) >= 11 is 0. The number of fused-ring (bicyclic) bond motifs is 1. The van der Waals surface area contributed by atoms with Crippen LogP contribution in [-0.2, 0) is 14.8 Å². The van der Waals surface area contributed by atoms with E-state index in [4.69, 9.17) is 4.74 Å². The summed E-state index contributed by atoms with van der Waals surface area (Å²) in [6.45, 7) is 1.94. The van der Waals surface area contributed by atoms with Crippen molar-refractivity contribution < 1.29 is 13.2 Å². The molecule has 0 unspecified atom stereocenters. The lowest BCUT2D eigenvalue weighted by Crippen LogP contribution is -2.23. The van der Waals surface area contributed by atoms with Crippen molar-refractivity contribution in [1.82, 2.24) is 9.29 Å². The van der Waals surface area contributed by atoms with Crippen LogP contribution in [0.3, 0.4) is 0 Å². The molecule has 0 amide bonds. The molecule has 1 saturated heterocycles. The average molecular weight is 415 g/mol. The minimum Gasteiger partial charge on any atom is -0.484 e. The van der Waals surface area contributed by atoms with Gasteiger partial charge in [-0.1, -0.05) is 12.2 Å². The lowest BCUT2D eigenvalue weighted by Gasteiger charge is -2.22. The molecule has 0 radical (unpaired) electrons. The average Bonchev–Trinajstić information content (AvgIpc) is 3.33. The highest BCUT2D eigenvalue weighted by atomic mass is 32.2. The molecule has 3 heterocycles. The number of nitrogens with zero attached hydrogens (tertiary/aromatic N) is 3. The van der Waals surface area contributed by atoms with Gasteiger partial charge in [-0.2, -0.15) is 4.99 Å². The summed E-state index contributed by atoms with van der Waals surface area (Å²) < 4.78 is 32.0. The molecule has 1 aromatic heterocycles. The lowest BCUT2D eigenvalue weighted by molar-refractivity contribution is 0.395. The fourth-order valence-electron chi connectivity index (χ4n) is 3.75. The van der Waals surface area contributed by atoms with Gasteiger partial charge in [-0.3, -0.25) is 0 Å². The van der Waals surface area contributed by atoms with Crippen LogP contribution in [-0.4, -0.2) is 57.9 Å². The summed E-state index contributed by atoms with van der Waals surface area (Å²) in [4.78, 5) is 10.5. The predicted octanol–water partition coefficient (Wildman–Crippen LogP) is 3.63. The van der Waals surface area contributed by atoms with Gasteiger partial charge < -0.3 is 14.6 Å². The van der Waals surface area contributed by atoms with E-state index in [1.807, 2.05) is 24.3 Å². The third-order valence-electron chi connectivity index (χ3n) is 5.37. The lowest BCUT2D eigenvalue weighted by atomic mass is 10.1. The van der Waals surface area contributed by atoms with Crippen molar-refractivity contribution in [1.29, 1.82) is 0 Å². The number of aliphatic imine (C=N–C) groups is 1. The van der Waals surface area contributed by atoms with E-state index in [1.165, 1.54) is 4.31 Å². The van der Waals surface area contributed by atoms with Gasteiger partial charge in [-0.15, -0.1) is 0 Å². The Morgan fingerprint density at radius 2 is 1.93 bits per heavy atom. The Hall–Kier alpha value is -2.58. The molecular weight excluding hydrogens is 388 g/mol. The largest absolute Gasteiger partial charge is 0.484 e. The number of H-pyrrole nitrogens is 1. The molecule has 4 rings (SSSR count). The molecule has 0 spiro atoms. The summed E-state index contributed by atoms with van der Waals surface area (Å²) in [5, 5.41) is 0. The van der Waals surface area contributed by atoms with E-state index in [-0.39, 0.29) is 4.90 Å². The van der Waals surface area contributed by atoms with Crippen molar-refractivity contribution in [2.24, 2.45) is 4.99 Å². The van der Waals surface area contributed by atoms with E-state index in [0.29, 0.717) is 12.3 Å². The van der Waals surface area contributed by atoms with Crippen LogP contribution in [0.15, 0.2) is 40.2 Å². The van der Waals surface area contributed by atoms with Gasteiger partial charge in [0.25, 0.3) is 0 Å². The minimum absolute atomic E-state index is 0.280. The Labute approximate surface area is 171 Å². The highest BCUT2D eigenvalue weighted by Crippen LogP contribution is 2.38. The number of sulfonamides is 1. The number of benzene rings is 1. The van der Waals surface area contributed by atoms with E-state index in [9.17, 15) is 8.42 Å². The Balaban J connectivity index is 1.86. The van der Waals surface area contributed by atoms with E-state index in [0.717, 1.165) is 54.3 Å². The first-order valence-corrected chi connectivity index (χ1v) is 11.2. The zero-order valence-corrected chi connectivity index (χ0v) is 17.8. The van der Waals surface area contributed by atoms with Gasteiger partial charge in [0.15, 0.2) is 5.90 Å². The van der Waals surface area contributed by atoms with Gasteiger partial charge >= 0.3 is 0 Å². The number of hydrogen-bond donors (Lipinski definition) is 1. The highest BCUT2D eigenvalue weighted by Gasteiger charge is 2.24. The number of nitrogens with one attached hydrogen (secondary N) is 1. The van der Waals surface area contributed by atoms with Crippen LogP contribution in [0, 0.1) is 0 Å². The van der Waals surface area contributed by atoms with Crippen LogP contribution >= 0.6 is 0 Å². The SMILES string of the molecule is COC1=Nc2[nH]c(-c3cc(S(=O)(=O)N(C)C)ccc3N3CCCC3)cc2C=CC1. The van der Waals surface area contributed by atoms with Crippen LogP contribution < -0.4 is 4.90 Å². The van der Waals surface area contributed by atoms with Gasteiger partial charge in [0.05, 0.1) is 12.0 Å². The molecule has 29 heavy (non-hydrogen) atoms. The Morgan fingerprint density at radius 3 is 2.62 bits per heavy atom.